The molecule has 0 fully saturated rings. The van der Waals surface area contributed by atoms with Gasteiger partial charge in [0.15, 0.2) is 0 Å². The fourth-order valence-corrected chi connectivity index (χ4v) is 4.11. The van der Waals surface area contributed by atoms with E-state index < -0.39 is 11.2 Å². The van der Waals surface area contributed by atoms with Crippen LogP contribution in [0.1, 0.15) is 43.8 Å². The van der Waals surface area contributed by atoms with Gasteiger partial charge in [-0.3, -0.25) is 19.1 Å². The molecular formula is C18H25N7O3S. The van der Waals surface area contributed by atoms with Crippen molar-refractivity contribution < 1.29 is 0 Å². The number of nitrogens with two attached hydrogens (primary N) is 1. The normalized spacial score (nSPS) is 11.3. The molecule has 0 bridgehead atoms. The van der Waals surface area contributed by atoms with Gasteiger partial charge in [0.2, 0.25) is 4.96 Å². The maximum absolute atomic E-state index is 12.6. The molecule has 0 radical (unpaired) electrons. The maximum Gasteiger partial charge on any atom is 0.330 e. The van der Waals surface area contributed by atoms with E-state index in [-0.39, 0.29) is 23.6 Å². The van der Waals surface area contributed by atoms with Gasteiger partial charge in [0.05, 0.1) is 6.54 Å². The Morgan fingerprint density at radius 1 is 1.24 bits per heavy atom. The van der Waals surface area contributed by atoms with Gasteiger partial charge >= 0.3 is 5.69 Å². The van der Waals surface area contributed by atoms with Crippen LogP contribution in [-0.2, 0) is 13.1 Å². The number of anilines is 2. The van der Waals surface area contributed by atoms with Crippen LogP contribution in [0, 0.1) is 6.92 Å². The van der Waals surface area contributed by atoms with Crippen LogP contribution < -0.4 is 27.4 Å². The summed E-state index contributed by atoms with van der Waals surface area (Å²) in [5, 5.41) is 4.97. The lowest BCUT2D eigenvalue weighted by Gasteiger charge is -2.24. The van der Waals surface area contributed by atoms with Crippen molar-refractivity contribution in [3.63, 3.8) is 0 Å². The summed E-state index contributed by atoms with van der Waals surface area (Å²) in [6.45, 7) is 7.00. The molecule has 0 aliphatic rings. The van der Waals surface area contributed by atoms with Gasteiger partial charge in [-0.25, -0.2) is 9.78 Å². The third-order valence-electron chi connectivity index (χ3n) is 4.50. The van der Waals surface area contributed by atoms with Gasteiger partial charge in [0.1, 0.15) is 16.5 Å². The number of nitrogens with one attached hydrogen (secondary N) is 1. The molecule has 156 valence electrons. The van der Waals surface area contributed by atoms with E-state index >= 15 is 0 Å². The average Bonchev–Trinajstić information content (AvgIpc) is 3.04. The van der Waals surface area contributed by atoms with Crippen LogP contribution in [0.15, 0.2) is 20.4 Å². The predicted octanol–water partition coefficient (Wildman–Crippen LogP) is 1.11. The Bertz CT molecular complexity index is 1190. The minimum Gasteiger partial charge on any atom is -0.383 e. The number of rotatable bonds is 8. The first-order valence-corrected chi connectivity index (χ1v) is 10.4. The molecule has 10 nitrogen and oxygen atoms in total. The topological polar surface area (TPSA) is 131 Å². The summed E-state index contributed by atoms with van der Waals surface area (Å²) in [6, 6.07) is 1.42. The number of aromatic amines is 1. The van der Waals surface area contributed by atoms with Crippen LogP contribution in [0.25, 0.3) is 4.96 Å². The van der Waals surface area contributed by atoms with Crippen molar-refractivity contribution in [3.05, 3.63) is 48.0 Å². The molecule has 3 heterocycles. The fourth-order valence-electron chi connectivity index (χ4n) is 3.15. The van der Waals surface area contributed by atoms with Crippen molar-refractivity contribution in [2.24, 2.45) is 0 Å². The first-order chi connectivity index (χ1) is 13.8. The standard InChI is InChI=1S/C18H25N7O3S/c1-4-6-8-24-15(19)14(16(27)21-17(24)28)23(7-5-2)10-12-22-25-13(26)9-11(3)20-18(25)29-12/h9H,4-8,10,19H2,1-3H3,(H,21,27,28). The zero-order valence-electron chi connectivity index (χ0n) is 16.8. The highest BCUT2D eigenvalue weighted by atomic mass is 32.1. The van der Waals surface area contributed by atoms with Gasteiger partial charge in [-0.2, -0.15) is 9.61 Å². The molecule has 0 saturated heterocycles. The van der Waals surface area contributed by atoms with E-state index in [2.05, 4.69) is 15.1 Å². The molecule has 0 aliphatic carbocycles. The second-order valence-electron chi connectivity index (χ2n) is 6.85. The molecule has 0 saturated carbocycles. The molecule has 11 heteroatoms. The molecule has 3 aromatic rings. The van der Waals surface area contributed by atoms with Crippen LogP contribution in [0.2, 0.25) is 0 Å². The Labute approximate surface area is 170 Å². The lowest BCUT2D eigenvalue weighted by atomic mass is 10.3. The summed E-state index contributed by atoms with van der Waals surface area (Å²) in [5.41, 5.74) is 5.84. The van der Waals surface area contributed by atoms with Crippen LogP contribution in [0.4, 0.5) is 11.5 Å². The van der Waals surface area contributed by atoms with Crippen molar-refractivity contribution >= 4 is 27.8 Å². The van der Waals surface area contributed by atoms with Crippen molar-refractivity contribution in [2.45, 2.75) is 53.1 Å². The summed E-state index contributed by atoms with van der Waals surface area (Å²) < 4.78 is 2.66. The third kappa shape index (κ3) is 4.24. The number of fused-ring (bicyclic) bond motifs is 1. The maximum atomic E-state index is 12.6. The number of H-pyrrole nitrogens is 1. The number of nitrogens with zero attached hydrogens (tertiary/aromatic N) is 5. The molecule has 29 heavy (non-hydrogen) atoms. The minimum absolute atomic E-state index is 0.146. The Hall–Kier alpha value is -2.95. The Kier molecular flexibility index (Phi) is 6.16. The summed E-state index contributed by atoms with van der Waals surface area (Å²) in [6.07, 6.45) is 2.43. The zero-order valence-corrected chi connectivity index (χ0v) is 17.6. The van der Waals surface area contributed by atoms with E-state index in [9.17, 15) is 14.4 Å². The highest BCUT2D eigenvalue weighted by Crippen LogP contribution is 2.22. The van der Waals surface area contributed by atoms with E-state index in [1.807, 2.05) is 13.8 Å². The van der Waals surface area contributed by atoms with Gasteiger partial charge in [0, 0.05) is 24.8 Å². The first kappa shape index (κ1) is 20.8. The zero-order chi connectivity index (χ0) is 21.1. The van der Waals surface area contributed by atoms with Crippen molar-refractivity contribution in [1.82, 2.24) is 24.1 Å². The van der Waals surface area contributed by atoms with Crippen molar-refractivity contribution in [3.8, 4) is 0 Å². The van der Waals surface area contributed by atoms with E-state index in [1.165, 1.54) is 26.5 Å². The second kappa shape index (κ2) is 8.60. The molecule has 0 aliphatic heterocycles. The van der Waals surface area contributed by atoms with Gasteiger partial charge < -0.3 is 10.6 Å². The highest BCUT2D eigenvalue weighted by Gasteiger charge is 2.20. The molecule has 0 unspecified atom stereocenters. The van der Waals surface area contributed by atoms with Gasteiger partial charge in [-0.1, -0.05) is 31.6 Å². The number of nitrogen functional groups attached to an aromatic ring is 1. The average molecular weight is 420 g/mol. The molecule has 0 spiro atoms. The quantitative estimate of drug-likeness (QED) is 0.559. The van der Waals surface area contributed by atoms with Crippen LogP contribution in [-0.4, -0.2) is 30.7 Å². The summed E-state index contributed by atoms with van der Waals surface area (Å²) in [7, 11) is 0. The summed E-state index contributed by atoms with van der Waals surface area (Å²) >= 11 is 1.28. The monoisotopic (exact) mass is 419 g/mol. The lowest BCUT2D eigenvalue weighted by molar-refractivity contribution is 0.601. The Balaban J connectivity index is 2.05. The first-order valence-electron chi connectivity index (χ1n) is 9.59. The Morgan fingerprint density at radius 2 is 2.00 bits per heavy atom. The second-order valence-corrected chi connectivity index (χ2v) is 7.89. The summed E-state index contributed by atoms with van der Waals surface area (Å²) in [4.78, 5) is 45.9. The van der Waals surface area contributed by atoms with Crippen LogP contribution in [0.3, 0.4) is 0 Å². The molecule has 0 atom stereocenters. The minimum atomic E-state index is -0.527. The van der Waals surface area contributed by atoms with Crippen molar-refractivity contribution in [2.75, 3.05) is 17.2 Å². The molecule has 3 aromatic heterocycles. The summed E-state index contributed by atoms with van der Waals surface area (Å²) in [5.74, 6) is 0.146. The lowest BCUT2D eigenvalue weighted by Crippen LogP contribution is -2.38. The third-order valence-corrected chi connectivity index (χ3v) is 5.39. The van der Waals surface area contributed by atoms with E-state index in [0.29, 0.717) is 28.8 Å². The molecule has 3 rings (SSSR count). The predicted molar refractivity (Wildman–Crippen MR) is 114 cm³/mol. The number of aromatic nitrogens is 5. The number of unbranched alkanes of at least 4 members (excludes halogenated alkanes) is 1. The van der Waals surface area contributed by atoms with E-state index in [0.717, 1.165) is 19.3 Å². The van der Waals surface area contributed by atoms with Crippen LogP contribution >= 0.6 is 11.3 Å². The van der Waals surface area contributed by atoms with Gasteiger partial charge in [-0.05, 0) is 19.8 Å². The molecule has 0 aromatic carbocycles. The number of hydrogen-bond acceptors (Lipinski definition) is 8. The van der Waals surface area contributed by atoms with E-state index in [1.54, 1.807) is 11.8 Å². The SMILES string of the molecule is CCCCn1c(N)c(N(CCC)Cc2nn3c(=O)cc(C)nc3s2)c(=O)[nH]c1=O. The van der Waals surface area contributed by atoms with Gasteiger partial charge in [0.25, 0.3) is 11.1 Å². The highest BCUT2D eigenvalue weighted by molar-refractivity contribution is 7.16. The van der Waals surface area contributed by atoms with Gasteiger partial charge in [-0.15, -0.1) is 0 Å². The van der Waals surface area contributed by atoms with Crippen LogP contribution in [0.5, 0.6) is 0 Å². The molecular weight excluding hydrogens is 394 g/mol. The smallest absolute Gasteiger partial charge is 0.330 e. The molecule has 0 amide bonds. The molecule has 3 N–H and O–H groups in total. The van der Waals surface area contributed by atoms with Crippen molar-refractivity contribution in [1.29, 1.82) is 0 Å². The largest absolute Gasteiger partial charge is 0.383 e. The van der Waals surface area contributed by atoms with E-state index in [4.69, 9.17) is 5.73 Å². The fraction of sp³-hybridized carbons (Fsp3) is 0.500. The number of aryl methyl sites for hydroxylation is 1. The number of hydrogen-bond donors (Lipinski definition) is 2. The Morgan fingerprint density at radius 3 is 2.69 bits per heavy atom.